The number of hydrogen-bond donors (Lipinski definition) is 0. The molecule has 0 saturated carbocycles. The quantitative estimate of drug-likeness (QED) is 0.0333. The molecular weight excluding hydrogens is 1760 g/mol. The molecule has 10 rings (SSSR count). The minimum Gasteiger partial charge on any atom is -0.143 e. The zero-order valence-electron chi connectivity index (χ0n) is 84.5. The zero-order chi connectivity index (χ0) is 91.2. The van der Waals surface area contributed by atoms with Crippen LogP contribution in [-0.2, 0) is 64.2 Å². The molecule has 10 heteroatoms. The summed E-state index contributed by atoms with van der Waals surface area (Å²) in [7, 11) is 0. The van der Waals surface area contributed by atoms with Gasteiger partial charge in [0.05, 0.1) is 0 Å². The predicted molar refractivity (Wildman–Crippen MR) is 605 cm³/mol. The van der Waals surface area contributed by atoms with Crippen molar-refractivity contribution in [3.63, 3.8) is 0 Å². The van der Waals surface area contributed by atoms with Gasteiger partial charge < -0.3 is 0 Å². The standard InChI is InChI=1S/C120H182S10/c1-11-21-31-41-51-61-71-93-83-103(122-92-93)113-95(73-63-53-43-33-23-13-3)85-105(124-113)115-97(75-65-55-45-35-25-15-5)87-107(126-115)117-99(77-67-57-47-37-27-17-7)89-109(128-117)119-101(79-69-59-49-39-29-19-9)91-111(130-119)120-102(80-70-60-50-40-30-20-10)90-110(129-120)118-100(78-68-58-48-38-28-18-8)88-108(127-118)116-98(76-66-56-46-36-26-16-6)86-106(125-116)114-96(74-64-54-44-34-24-14-4)84-104(123-114)112-94(81-82-121-112)72-62-52-42-32-22-12-2/h81-92H,11-80H2,1-10H3. The third kappa shape index (κ3) is 37.0. The minimum absolute atomic E-state index is 1.17. The van der Waals surface area contributed by atoms with Crippen LogP contribution in [-0.4, -0.2) is 0 Å². The normalized spacial score (nSPS) is 11.9. The molecule has 0 aliphatic heterocycles. The molecular formula is C120H182S10. The molecule has 0 N–H and O–H groups in total. The van der Waals surface area contributed by atoms with Crippen LogP contribution in [0, 0.1) is 0 Å². The molecule has 0 aromatic carbocycles. The second kappa shape index (κ2) is 65.8. The van der Waals surface area contributed by atoms with Gasteiger partial charge in [0, 0.05) is 87.8 Å². The molecule has 0 aliphatic carbocycles. The van der Waals surface area contributed by atoms with Crippen molar-refractivity contribution in [3.8, 4) is 87.8 Å². The van der Waals surface area contributed by atoms with Crippen molar-refractivity contribution in [1.82, 2.24) is 0 Å². The fourth-order valence-corrected chi connectivity index (χ4v) is 32.7. The first-order valence-electron chi connectivity index (χ1n) is 55.4. The average Bonchev–Trinajstić information content (AvgIpc) is 1.63. The van der Waals surface area contributed by atoms with Crippen LogP contribution in [0.5, 0.6) is 0 Å². The van der Waals surface area contributed by atoms with Crippen LogP contribution in [0.15, 0.2) is 71.4 Å². The molecule has 0 spiro atoms. The number of rotatable bonds is 79. The molecule has 0 radical (unpaired) electrons. The van der Waals surface area contributed by atoms with E-state index in [1.54, 1.807) is 134 Å². The number of unbranched alkanes of at least 4 members (excludes halogenated alkanes) is 50. The summed E-state index contributed by atoms with van der Waals surface area (Å²) in [6.07, 6.45) is 92.2. The Morgan fingerprint density at radius 1 is 0.146 bits per heavy atom. The van der Waals surface area contributed by atoms with Crippen LogP contribution in [0.4, 0.5) is 0 Å². The largest absolute Gasteiger partial charge is 0.143 e. The summed E-state index contributed by atoms with van der Waals surface area (Å²) in [6.45, 7) is 23.7. The van der Waals surface area contributed by atoms with Crippen molar-refractivity contribution in [2.75, 3.05) is 0 Å². The second-order valence-electron chi connectivity index (χ2n) is 39.5. The van der Waals surface area contributed by atoms with E-state index in [4.69, 9.17) is 0 Å². The number of aryl methyl sites for hydroxylation is 10. The molecule has 0 atom stereocenters. The van der Waals surface area contributed by atoms with Gasteiger partial charge in [-0.1, -0.05) is 390 Å². The van der Waals surface area contributed by atoms with Gasteiger partial charge in [0.15, 0.2) is 0 Å². The summed E-state index contributed by atoms with van der Waals surface area (Å²) in [5.41, 5.74) is 16.2. The molecule has 10 heterocycles. The molecule has 0 bridgehead atoms. The van der Waals surface area contributed by atoms with Crippen LogP contribution in [0.1, 0.15) is 510 Å². The maximum Gasteiger partial charge on any atom is 0.0481 e. The first-order chi connectivity index (χ1) is 64.2. The number of hydrogen-bond acceptors (Lipinski definition) is 10. The lowest BCUT2D eigenvalue weighted by Gasteiger charge is -2.03. The maximum absolute atomic E-state index is 2.80. The Bertz CT molecular complexity index is 4550. The van der Waals surface area contributed by atoms with E-state index in [-0.39, 0.29) is 0 Å². The molecule has 0 amide bonds. The van der Waals surface area contributed by atoms with Gasteiger partial charge in [-0.05, 0) is 255 Å². The van der Waals surface area contributed by atoms with Crippen molar-refractivity contribution in [3.05, 3.63) is 127 Å². The maximum atomic E-state index is 2.80. The molecule has 722 valence electrons. The molecule has 0 nitrogen and oxygen atoms in total. The fourth-order valence-electron chi connectivity index (χ4n) is 19.8. The third-order valence-corrected chi connectivity index (χ3v) is 40.9. The van der Waals surface area contributed by atoms with Crippen molar-refractivity contribution in [2.45, 2.75) is 519 Å². The summed E-state index contributed by atoms with van der Waals surface area (Å²) >= 11 is 21.6. The van der Waals surface area contributed by atoms with E-state index >= 15 is 0 Å². The van der Waals surface area contributed by atoms with Crippen LogP contribution >= 0.6 is 113 Å². The van der Waals surface area contributed by atoms with Crippen molar-refractivity contribution < 1.29 is 0 Å². The highest BCUT2D eigenvalue weighted by Gasteiger charge is 2.28. The van der Waals surface area contributed by atoms with E-state index in [1.807, 2.05) is 22.7 Å². The lowest BCUT2D eigenvalue weighted by Crippen LogP contribution is -1.88. The smallest absolute Gasteiger partial charge is 0.0481 e. The molecule has 130 heavy (non-hydrogen) atoms. The van der Waals surface area contributed by atoms with Crippen LogP contribution < -0.4 is 0 Å². The van der Waals surface area contributed by atoms with Crippen molar-refractivity contribution >= 4 is 113 Å². The molecule has 0 saturated heterocycles. The summed E-state index contributed by atoms with van der Waals surface area (Å²) in [5.74, 6) is 0. The van der Waals surface area contributed by atoms with E-state index < -0.39 is 0 Å². The van der Waals surface area contributed by atoms with E-state index in [9.17, 15) is 0 Å². The van der Waals surface area contributed by atoms with Crippen LogP contribution in [0.3, 0.4) is 0 Å². The highest BCUT2D eigenvalue weighted by Crippen LogP contribution is 2.56. The van der Waals surface area contributed by atoms with Gasteiger partial charge in [-0.25, -0.2) is 0 Å². The lowest BCUT2D eigenvalue weighted by molar-refractivity contribution is 0.607. The van der Waals surface area contributed by atoms with Gasteiger partial charge in [-0.3, -0.25) is 0 Å². The minimum atomic E-state index is 1.17. The molecule has 0 aliphatic rings. The molecule has 0 unspecified atom stereocenters. The molecule has 10 aromatic heterocycles. The Labute approximate surface area is 839 Å². The van der Waals surface area contributed by atoms with E-state index in [2.05, 4.69) is 231 Å². The van der Waals surface area contributed by atoms with Crippen LogP contribution in [0.2, 0.25) is 0 Å². The SMILES string of the molecule is CCCCCCCCc1csc(-c2sc(-c3sc(-c4sc(-c5sc(-c6sc(-c7sc(-c8sc(-c9sc(-c%10sccc%10CCCCCCCC)cc9CCCCCCCC)cc8CCCCCCCC)cc7CCCCCCCC)cc6CCCCCCCC)cc5CCCCCCCC)cc4CCCCCCCC)cc3CCCCCCCC)cc2CCCCCCCC)c1. The Hall–Kier alpha value is -3.00. The van der Waals surface area contributed by atoms with E-state index in [0.29, 0.717) is 0 Å². The highest BCUT2D eigenvalue weighted by atomic mass is 32.1. The summed E-state index contributed by atoms with van der Waals surface area (Å²) in [5, 5.41) is 4.95. The van der Waals surface area contributed by atoms with Crippen molar-refractivity contribution in [2.24, 2.45) is 0 Å². The van der Waals surface area contributed by atoms with Gasteiger partial charge in [0.25, 0.3) is 0 Å². The summed E-state index contributed by atoms with van der Waals surface area (Å²) in [6, 6.07) is 27.3. The number of thiophene rings is 10. The van der Waals surface area contributed by atoms with Gasteiger partial charge in [0.1, 0.15) is 0 Å². The Kier molecular flexibility index (Phi) is 55.2. The van der Waals surface area contributed by atoms with Crippen LogP contribution in [0.25, 0.3) is 87.8 Å². The van der Waals surface area contributed by atoms with Gasteiger partial charge >= 0.3 is 0 Å². The summed E-state index contributed by atoms with van der Waals surface area (Å²) < 4.78 is 0. The Morgan fingerprint density at radius 3 is 0.508 bits per heavy atom. The monoisotopic (exact) mass is 1940 g/mol. The van der Waals surface area contributed by atoms with Gasteiger partial charge in [0.2, 0.25) is 0 Å². The van der Waals surface area contributed by atoms with E-state index in [0.717, 1.165) is 0 Å². The van der Waals surface area contributed by atoms with Gasteiger partial charge in [-0.15, -0.1) is 113 Å². The first kappa shape index (κ1) is 109. The zero-order valence-corrected chi connectivity index (χ0v) is 92.7. The lowest BCUT2D eigenvalue weighted by atomic mass is 10.0. The Morgan fingerprint density at radius 2 is 0.308 bits per heavy atom. The van der Waals surface area contributed by atoms with Gasteiger partial charge in [-0.2, -0.15) is 0 Å². The molecule has 0 fully saturated rings. The Balaban J connectivity index is 1.09. The predicted octanol–water partition coefficient (Wildman–Crippen LogP) is 46.3. The molecule has 10 aromatic rings. The fraction of sp³-hybridized carbons (Fsp3) is 0.667. The average molecular weight is 1950 g/mol. The highest BCUT2D eigenvalue weighted by molar-refractivity contribution is 7.32. The third-order valence-electron chi connectivity index (χ3n) is 27.9. The first-order valence-corrected chi connectivity index (χ1v) is 63.7. The van der Waals surface area contributed by atoms with Crippen molar-refractivity contribution in [1.29, 1.82) is 0 Å². The van der Waals surface area contributed by atoms with E-state index in [1.165, 1.54) is 459 Å². The topological polar surface area (TPSA) is 0 Å². The second-order valence-corrected chi connectivity index (χ2v) is 49.7. The summed E-state index contributed by atoms with van der Waals surface area (Å²) in [4.78, 5) is 28.1.